The first-order chi connectivity index (χ1) is 9.17. The van der Waals surface area contributed by atoms with Gasteiger partial charge in [0, 0.05) is 12.0 Å². The van der Waals surface area contributed by atoms with Gasteiger partial charge in [-0.05, 0) is 38.8 Å². The van der Waals surface area contributed by atoms with Gasteiger partial charge in [0.05, 0.1) is 0 Å². The Morgan fingerprint density at radius 1 is 0.842 bits per heavy atom. The van der Waals surface area contributed by atoms with Gasteiger partial charge in [-0.15, -0.1) is 0 Å². The number of carbonyl (C=O) groups is 1. The molecule has 19 heavy (non-hydrogen) atoms. The Bertz CT molecular complexity index is 201. The summed E-state index contributed by atoms with van der Waals surface area (Å²) in [5.41, 5.74) is -0.0923. The maximum absolute atomic E-state index is 11.7. The molecule has 0 rings (SSSR count). The zero-order valence-electron chi connectivity index (χ0n) is 13.7. The van der Waals surface area contributed by atoms with E-state index < -0.39 is 0 Å². The van der Waals surface area contributed by atoms with Crippen molar-refractivity contribution in [3.05, 3.63) is 0 Å². The van der Waals surface area contributed by atoms with Crippen LogP contribution in [0.3, 0.4) is 0 Å². The second kappa shape index (κ2) is 11.5. The minimum absolute atomic E-state index is 0.0923. The van der Waals surface area contributed by atoms with E-state index in [-0.39, 0.29) is 5.41 Å². The van der Waals surface area contributed by atoms with Crippen LogP contribution in [0.4, 0.5) is 0 Å². The van der Waals surface area contributed by atoms with Crippen molar-refractivity contribution in [3.8, 4) is 0 Å². The predicted octanol–water partition coefficient (Wildman–Crippen LogP) is 4.67. The molecular formula is C17H35NO. The van der Waals surface area contributed by atoms with Crippen LogP contribution >= 0.6 is 0 Å². The van der Waals surface area contributed by atoms with E-state index in [0.717, 1.165) is 45.3 Å². The van der Waals surface area contributed by atoms with Crippen LogP contribution in [0.2, 0.25) is 0 Å². The van der Waals surface area contributed by atoms with E-state index in [1.165, 1.54) is 32.0 Å². The summed E-state index contributed by atoms with van der Waals surface area (Å²) >= 11 is 0. The molecule has 2 heteroatoms. The number of rotatable bonds is 13. The van der Waals surface area contributed by atoms with Crippen molar-refractivity contribution in [1.82, 2.24) is 4.90 Å². The first-order valence-corrected chi connectivity index (χ1v) is 8.36. The molecule has 0 heterocycles. The largest absolute Gasteiger partial charge is 0.303 e. The SMILES string of the molecule is CCCCN(CCCC)CC(C=O)(CCC)CCC. The predicted molar refractivity (Wildman–Crippen MR) is 84.6 cm³/mol. The number of carbonyl (C=O) groups excluding carboxylic acids is 1. The van der Waals surface area contributed by atoms with Crippen molar-refractivity contribution in [2.45, 2.75) is 79.1 Å². The summed E-state index contributed by atoms with van der Waals surface area (Å²) in [6, 6.07) is 0. The summed E-state index contributed by atoms with van der Waals surface area (Å²) in [6.07, 6.45) is 10.5. The highest BCUT2D eigenvalue weighted by Crippen LogP contribution is 2.29. The van der Waals surface area contributed by atoms with Crippen molar-refractivity contribution in [2.24, 2.45) is 5.41 Å². The monoisotopic (exact) mass is 269 g/mol. The first-order valence-electron chi connectivity index (χ1n) is 8.36. The van der Waals surface area contributed by atoms with Gasteiger partial charge < -0.3 is 9.69 Å². The van der Waals surface area contributed by atoms with Gasteiger partial charge in [0.2, 0.25) is 0 Å². The molecular weight excluding hydrogens is 234 g/mol. The maximum Gasteiger partial charge on any atom is 0.127 e. The normalized spacial score (nSPS) is 12.1. The quantitative estimate of drug-likeness (QED) is 0.453. The lowest BCUT2D eigenvalue weighted by Crippen LogP contribution is -2.40. The highest BCUT2D eigenvalue weighted by Gasteiger charge is 2.30. The summed E-state index contributed by atoms with van der Waals surface area (Å²) in [7, 11) is 0. The minimum Gasteiger partial charge on any atom is -0.303 e. The molecule has 0 saturated heterocycles. The van der Waals surface area contributed by atoms with Crippen molar-refractivity contribution >= 4 is 6.29 Å². The molecule has 0 fully saturated rings. The lowest BCUT2D eigenvalue weighted by molar-refractivity contribution is -0.118. The van der Waals surface area contributed by atoms with E-state index in [0.29, 0.717) is 0 Å². The fourth-order valence-electron chi connectivity index (χ4n) is 2.91. The number of unbranched alkanes of at least 4 members (excludes halogenated alkanes) is 2. The zero-order valence-corrected chi connectivity index (χ0v) is 13.7. The third kappa shape index (κ3) is 7.71. The molecule has 0 radical (unpaired) electrons. The van der Waals surface area contributed by atoms with Gasteiger partial charge >= 0.3 is 0 Å². The number of nitrogens with zero attached hydrogens (tertiary/aromatic N) is 1. The molecule has 0 aromatic rings. The molecule has 114 valence electrons. The first kappa shape index (κ1) is 18.6. The molecule has 0 N–H and O–H groups in total. The van der Waals surface area contributed by atoms with Crippen LogP contribution in [-0.2, 0) is 4.79 Å². The van der Waals surface area contributed by atoms with Crippen molar-refractivity contribution in [3.63, 3.8) is 0 Å². The van der Waals surface area contributed by atoms with Gasteiger partial charge in [0.15, 0.2) is 0 Å². The third-order valence-corrected chi connectivity index (χ3v) is 3.94. The van der Waals surface area contributed by atoms with E-state index >= 15 is 0 Å². The van der Waals surface area contributed by atoms with Crippen LogP contribution in [0.25, 0.3) is 0 Å². The fourth-order valence-corrected chi connectivity index (χ4v) is 2.91. The standard InChI is InChI=1S/C17H35NO/c1-5-9-13-18(14-10-6-2)15-17(16-19,11-7-3)12-8-4/h16H,5-15H2,1-4H3. The summed E-state index contributed by atoms with van der Waals surface area (Å²) < 4.78 is 0. The summed E-state index contributed by atoms with van der Waals surface area (Å²) in [5, 5.41) is 0. The maximum atomic E-state index is 11.7. The summed E-state index contributed by atoms with van der Waals surface area (Å²) in [5.74, 6) is 0. The van der Waals surface area contributed by atoms with E-state index in [4.69, 9.17) is 0 Å². The van der Waals surface area contributed by atoms with Gasteiger partial charge in [0.25, 0.3) is 0 Å². The molecule has 0 unspecified atom stereocenters. The average molecular weight is 269 g/mol. The van der Waals surface area contributed by atoms with Crippen molar-refractivity contribution in [1.29, 1.82) is 0 Å². The van der Waals surface area contributed by atoms with E-state index in [9.17, 15) is 4.79 Å². The molecule has 0 saturated carbocycles. The summed E-state index contributed by atoms with van der Waals surface area (Å²) in [4.78, 5) is 14.2. The van der Waals surface area contributed by atoms with Gasteiger partial charge in [-0.1, -0.05) is 53.4 Å². The Kier molecular flexibility index (Phi) is 11.2. The second-order valence-corrected chi connectivity index (χ2v) is 5.96. The lowest BCUT2D eigenvalue weighted by atomic mass is 9.80. The van der Waals surface area contributed by atoms with E-state index in [1.54, 1.807) is 0 Å². The third-order valence-electron chi connectivity index (χ3n) is 3.94. The fraction of sp³-hybridized carbons (Fsp3) is 0.941. The Morgan fingerprint density at radius 3 is 1.63 bits per heavy atom. The van der Waals surface area contributed by atoms with Crippen molar-refractivity contribution in [2.75, 3.05) is 19.6 Å². The van der Waals surface area contributed by atoms with Crippen LogP contribution in [0.1, 0.15) is 79.1 Å². The topological polar surface area (TPSA) is 20.3 Å². The number of aldehydes is 1. The molecule has 0 aliphatic carbocycles. The van der Waals surface area contributed by atoms with Gasteiger partial charge in [-0.2, -0.15) is 0 Å². The average Bonchev–Trinajstić information content (AvgIpc) is 2.42. The Balaban J connectivity index is 4.62. The molecule has 0 aliphatic rings. The molecule has 0 aromatic heterocycles. The van der Waals surface area contributed by atoms with Crippen LogP contribution in [0, 0.1) is 5.41 Å². The number of hydrogen-bond donors (Lipinski definition) is 0. The van der Waals surface area contributed by atoms with Crippen LogP contribution < -0.4 is 0 Å². The van der Waals surface area contributed by atoms with Crippen molar-refractivity contribution < 1.29 is 4.79 Å². The molecule has 0 atom stereocenters. The highest BCUT2D eigenvalue weighted by atomic mass is 16.1. The van der Waals surface area contributed by atoms with Gasteiger partial charge in [0.1, 0.15) is 6.29 Å². The number of hydrogen-bond acceptors (Lipinski definition) is 2. The van der Waals surface area contributed by atoms with E-state index in [2.05, 4.69) is 32.6 Å². The molecule has 0 amide bonds. The second-order valence-electron chi connectivity index (χ2n) is 5.96. The minimum atomic E-state index is -0.0923. The molecule has 0 bridgehead atoms. The van der Waals surface area contributed by atoms with Gasteiger partial charge in [-0.25, -0.2) is 0 Å². The molecule has 0 aromatic carbocycles. The molecule has 0 spiro atoms. The highest BCUT2D eigenvalue weighted by molar-refractivity contribution is 5.59. The van der Waals surface area contributed by atoms with Crippen LogP contribution in [0.15, 0.2) is 0 Å². The smallest absolute Gasteiger partial charge is 0.127 e. The van der Waals surface area contributed by atoms with E-state index in [1.807, 2.05) is 0 Å². The molecule has 2 nitrogen and oxygen atoms in total. The van der Waals surface area contributed by atoms with Crippen LogP contribution in [-0.4, -0.2) is 30.8 Å². The zero-order chi connectivity index (χ0) is 14.6. The lowest BCUT2D eigenvalue weighted by Gasteiger charge is -2.34. The Hall–Kier alpha value is -0.370. The van der Waals surface area contributed by atoms with Crippen LogP contribution in [0.5, 0.6) is 0 Å². The Morgan fingerprint density at radius 2 is 1.32 bits per heavy atom. The Labute approximate surface area is 120 Å². The molecule has 0 aliphatic heterocycles. The van der Waals surface area contributed by atoms with Gasteiger partial charge in [-0.3, -0.25) is 0 Å². The summed E-state index contributed by atoms with van der Waals surface area (Å²) in [6.45, 7) is 12.1.